The van der Waals surface area contributed by atoms with Gasteiger partial charge in [-0.05, 0) is 62.2 Å². The van der Waals surface area contributed by atoms with E-state index in [2.05, 4.69) is 10.6 Å². The summed E-state index contributed by atoms with van der Waals surface area (Å²) in [5, 5.41) is 5.73. The minimum Gasteiger partial charge on any atom is -0.467 e. The van der Waals surface area contributed by atoms with Gasteiger partial charge in [0.15, 0.2) is 0 Å². The zero-order valence-electron chi connectivity index (χ0n) is 16.7. The first-order valence-corrected chi connectivity index (χ1v) is 10.7. The van der Waals surface area contributed by atoms with Crippen LogP contribution in [0.2, 0.25) is 0 Å². The van der Waals surface area contributed by atoms with E-state index in [-0.39, 0.29) is 28.8 Å². The Labute approximate surface area is 170 Å². The maximum atomic E-state index is 13.3. The van der Waals surface area contributed by atoms with Gasteiger partial charge in [-0.15, -0.1) is 0 Å². The molecule has 1 heterocycles. The van der Waals surface area contributed by atoms with Crippen LogP contribution in [0.5, 0.6) is 0 Å². The molecule has 0 spiro atoms. The highest BCUT2D eigenvalue weighted by molar-refractivity contribution is 7.91. The lowest BCUT2D eigenvalue weighted by atomic mass is 10.1. The molecule has 2 aromatic carbocycles. The smallest absolute Gasteiger partial charge is 0.239 e. The Morgan fingerprint density at radius 3 is 2.38 bits per heavy atom. The Morgan fingerprint density at radius 1 is 1.00 bits per heavy atom. The second-order valence-electron chi connectivity index (χ2n) is 6.98. The van der Waals surface area contributed by atoms with Crippen molar-refractivity contribution in [3.63, 3.8) is 0 Å². The van der Waals surface area contributed by atoms with E-state index in [1.165, 1.54) is 6.26 Å². The van der Waals surface area contributed by atoms with E-state index < -0.39 is 9.84 Å². The molecule has 7 heteroatoms. The van der Waals surface area contributed by atoms with Gasteiger partial charge in [-0.25, -0.2) is 8.42 Å². The number of furan rings is 1. The van der Waals surface area contributed by atoms with Crippen molar-refractivity contribution in [2.45, 2.75) is 37.1 Å². The summed E-state index contributed by atoms with van der Waals surface area (Å²) in [6, 6.07) is 13.8. The van der Waals surface area contributed by atoms with Crippen LogP contribution in [-0.2, 0) is 21.2 Å². The van der Waals surface area contributed by atoms with Gasteiger partial charge in [0.25, 0.3) is 0 Å². The Balaban J connectivity index is 1.83. The molecular weight excluding hydrogens is 388 g/mol. The van der Waals surface area contributed by atoms with Crippen LogP contribution in [-0.4, -0.2) is 20.9 Å². The maximum Gasteiger partial charge on any atom is 0.239 e. The van der Waals surface area contributed by atoms with Crippen LogP contribution in [0.3, 0.4) is 0 Å². The number of anilines is 1. The zero-order chi connectivity index (χ0) is 21.0. The molecule has 0 saturated carbocycles. The van der Waals surface area contributed by atoms with Crippen LogP contribution >= 0.6 is 0 Å². The number of sulfone groups is 1. The normalized spacial score (nSPS) is 11.3. The van der Waals surface area contributed by atoms with Gasteiger partial charge in [-0.2, -0.15) is 0 Å². The second kappa shape index (κ2) is 8.53. The van der Waals surface area contributed by atoms with E-state index in [9.17, 15) is 13.2 Å². The van der Waals surface area contributed by atoms with Gasteiger partial charge in [-0.1, -0.05) is 23.8 Å². The van der Waals surface area contributed by atoms with E-state index in [4.69, 9.17) is 4.42 Å². The number of benzene rings is 2. The van der Waals surface area contributed by atoms with E-state index in [0.29, 0.717) is 17.0 Å². The Morgan fingerprint density at radius 2 is 1.72 bits per heavy atom. The molecule has 0 bridgehead atoms. The van der Waals surface area contributed by atoms with Gasteiger partial charge in [0.05, 0.1) is 34.8 Å². The summed E-state index contributed by atoms with van der Waals surface area (Å²) in [5.74, 6) is 0.381. The average Bonchev–Trinajstić information content (AvgIpc) is 3.18. The molecular formula is C22H24N2O4S. The van der Waals surface area contributed by atoms with Crippen molar-refractivity contribution in [3.05, 3.63) is 77.2 Å². The number of aryl methyl sites for hydroxylation is 3. The summed E-state index contributed by atoms with van der Waals surface area (Å²) in [7, 11) is -3.74. The van der Waals surface area contributed by atoms with Crippen LogP contribution in [0.25, 0.3) is 0 Å². The molecule has 0 unspecified atom stereocenters. The SMILES string of the molecule is Cc1ccc(S(=O)(=O)c2c(C)cc(C)cc2NCC(=O)NCc2ccco2)cc1. The summed E-state index contributed by atoms with van der Waals surface area (Å²) in [6.07, 6.45) is 1.54. The van der Waals surface area contributed by atoms with Crippen LogP contribution in [0.4, 0.5) is 5.69 Å². The molecule has 0 aliphatic rings. The summed E-state index contributed by atoms with van der Waals surface area (Å²) < 4.78 is 31.7. The van der Waals surface area contributed by atoms with Crippen LogP contribution in [0, 0.1) is 20.8 Å². The molecule has 6 nitrogen and oxygen atoms in total. The van der Waals surface area contributed by atoms with Gasteiger partial charge < -0.3 is 15.1 Å². The molecule has 0 radical (unpaired) electrons. The number of carbonyl (C=O) groups excluding carboxylic acids is 1. The quantitative estimate of drug-likeness (QED) is 0.617. The third-order valence-corrected chi connectivity index (χ3v) is 6.47. The molecule has 29 heavy (non-hydrogen) atoms. The molecule has 0 saturated heterocycles. The molecule has 0 fully saturated rings. The first kappa shape index (κ1) is 20.7. The van der Waals surface area contributed by atoms with Crippen LogP contribution in [0.1, 0.15) is 22.5 Å². The number of hydrogen-bond donors (Lipinski definition) is 2. The first-order chi connectivity index (χ1) is 13.8. The number of amides is 1. The number of nitrogens with one attached hydrogen (secondary N) is 2. The van der Waals surface area contributed by atoms with Crippen molar-refractivity contribution in [1.82, 2.24) is 5.32 Å². The predicted molar refractivity (Wildman–Crippen MR) is 112 cm³/mol. The molecule has 2 N–H and O–H groups in total. The highest BCUT2D eigenvalue weighted by atomic mass is 32.2. The predicted octanol–water partition coefficient (Wildman–Crippen LogP) is 3.77. The minimum absolute atomic E-state index is 0.0555. The number of carbonyl (C=O) groups is 1. The Hall–Kier alpha value is -3.06. The lowest BCUT2D eigenvalue weighted by molar-refractivity contribution is -0.119. The summed E-state index contributed by atoms with van der Waals surface area (Å²) in [5.41, 5.74) is 2.93. The molecule has 1 amide bonds. The molecule has 1 aromatic heterocycles. The maximum absolute atomic E-state index is 13.3. The van der Waals surface area contributed by atoms with Gasteiger partial charge in [0, 0.05) is 0 Å². The lowest BCUT2D eigenvalue weighted by Gasteiger charge is -2.16. The second-order valence-corrected chi connectivity index (χ2v) is 8.87. The Kier molecular flexibility index (Phi) is 6.08. The Bertz CT molecular complexity index is 1100. The fourth-order valence-electron chi connectivity index (χ4n) is 3.11. The third kappa shape index (κ3) is 4.86. The molecule has 0 aliphatic carbocycles. The zero-order valence-corrected chi connectivity index (χ0v) is 17.5. The third-order valence-electron chi connectivity index (χ3n) is 4.50. The minimum atomic E-state index is -3.74. The van der Waals surface area contributed by atoms with Crippen molar-refractivity contribution in [2.24, 2.45) is 0 Å². The topological polar surface area (TPSA) is 88.4 Å². The molecule has 3 rings (SSSR count). The average molecular weight is 413 g/mol. The van der Waals surface area contributed by atoms with Crippen LogP contribution in [0.15, 0.2) is 69.0 Å². The fraction of sp³-hybridized carbons (Fsp3) is 0.227. The van der Waals surface area contributed by atoms with Crippen LogP contribution < -0.4 is 10.6 Å². The fourth-order valence-corrected chi connectivity index (χ4v) is 4.75. The van der Waals surface area contributed by atoms with Crippen molar-refractivity contribution in [1.29, 1.82) is 0 Å². The van der Waals surface area contributed by atoms with Gasteiger partial charge in [0.2, 0.25) is 15.7 Å². The number of rotatable bonds is 7. The monoisotopic (exact) mass is 412 g/mol. The summed E-state index contributed by atoms with van der Waals surface area (Å²) in [4.78, 5) is 12.6. The van der Waals surface area contributed by atoms with Crippen molar-refractivity contribution >= 4 is 21.4 Å². The highest BCUT2D eigenvalue weighted by Gasteiger charge is 2.24. The van der Waals surface area contributed by atoms with Gasteiger partial charge in [-0.3, -0.25) is 4.79 Å². The molecule has 0 aliphatic heterocycles. The molecule has 0 atom stereocenters. The van der Waals surface area contributed by atoms with E-state index in [0.717, 1.165) is 11.1 Å². The molecule has 3 aromatic rings. The van der Waals surface area contributed by atoms with E-state index >= 15 is 0 Å². The van der Waals surface area contributed by atoms with Crippen molar-refractivity contribution in [2.75, 3.05) is 11.9 Å². The van der Waals surface area contributed by atoms with Gasteiger partial charge >= 0.3 is 0 Å². The van der Waals surface area contributed by atoms with E-state index in [1.807, 2.05) is 19.9 Å². The lowest BCUT2D eigenvalue weighted by Crippen LogP contribution is -2.29. The van der Waals surface area contributed by atoms with Gasteiger partial charge in [0.1, 0.15) is 5.76 Å². The largest absolute Gasteiger partial charge is 0.467 e. The first-order valence-electron chi connectivity index (χ1n) is 9.23. The number of hydrogen-bond acceptors (Lipinski definition) is 5. The van der Waals surface area contributed by atoms with E-state index in [1.54, 1.807) is 49.4 Å². The molecule has 152 valence electrons. The highest BCUT2D eigenvalue weighted by Crippen LogP contribution is 2.32. The standard InChI is InChI=1S/C22H24N2O4S/c1-15-6-8-19(9-7-15)29(26,27)22-17(3)11-16(2)12-20(22)23-14-21(25)24-13-18-5-4-10-28-18/h4-12,23H,13-14H2,1-3H3,(H,24,25). The summed E-state index contributed by atoms with van der Waals surface area (Å²) in [6.45, 7) is 5.77. The summed E-state index contributed by atoms with van der Waals surface area (Å²) >= 11 is 0. The van der Waals surface area contributed by atoms with Crippen molar-refractivity contribution < 1.29 is 17.6 Å². The van der Waals surface area contributed by atoms with Crippen molar-refractivity contribution in [3.8, 4) is 0 Å².